The minimum absolute atomic E-state index is 0.0477. The summed E-state index contributed by atoms with van der Waals surface area (Å²) in [7, 11) is 1.71. The van der Waals surface area contributed by atoms with Crippen molar-refractivity contribution < 1.29 is 29.2 Å². The Balaban J connectivity index is 1.25. The minimum Gasteiger partial charge on any atom is -0.393 e. The predicted octanol–water partition coefficient (Wildman–Crippen LogP) is 6.74. The molecule has 6 unspecified atom stereocenters. The van der Waals surface area contributed by atoms with Gasteiger partial charge in [-0.05, 0) is 112 Å². The molecule has 238 valence electrons. The Kier molecular flexibility index (Phi) is 9.63. The number of aliphatic hydroxyl groups excluding tert-OH is 1. The molecule has 2 heterocycles. The van der Waals surface area contributed by atoms with E-state index in [-0.39, 0.29) is 42.2 Å². The van der Waals surface area contributed by atoms with Gasteiger partial charge in [-0.1, -0.05) is 47.5 Å². The van der Waals surface area contributed by atoms with Crippen molar-refractivity contribution in [1.29, 1.82) is 0 Å². The van der Waals surface area contributed by atoms with E-state index in [2.05, 4.69) is 34.6 Å². The van der Waals surface area contributed by atoms with Gasteiger partial charge in [0, 0.05) is 13.5 Å². The third-order valence-electron chi connectivity index (χ3n) is 12.9. The summed E-state index contributed by atoms with van der Waals surface area (Å²) in [6.45, 7) is 16.6. The van der Waals surface area contributed by atoms with Gasteiger partial charge in [-0.2, -0.15) is 0 Å². The van der Waals surface area contributed by atoms with Gasteiger partial charge in [0.2, 0.25) is 0 Å². The molecule has 0 aromatic rings. The molecule has 0 aromatic heterocycles. The molecule has 3 saturated carbocycles. The molecule has 5 aliphatic rings. The molecule has 5 fully saturated rings. The highest BCUT2D eigenvalue weighted by atomic mass is 16.7. The van der Waals surface area contributed by atoms with E-state index in [1.54, 1.807) is 7.11 Å². The maximum atomic E-state index is 10.8. The van der Waals surface area contributed by atoms with E-state index in [9.17, 15) is 10.2 Å². The highest BCUT2D eigenvalue weighted by Gasteiger charge is 2.60. The summed E-state index contributed by atoms with van der Waals surface area (Å²) in [4.78, 5) is 0. The van der Waals surface area contributed by atoms with Crippen molar-refractivity contribution in [2.24, 2.45) is 46.3 Å². The zero-order chi connectivity index (χ0) is 29.7. The number of aliphatic hydroxyl groups is 2. The lowest BCUT2D eigenvalue weighted by molar-refractivity contribution is -0.240. The summed E-state index contributed by atoms with van der Waals surface area (Å²) in [6, 6.07) is 0. The summed E-state index contributed by atoms with van der Waals surface area (Å²) in [5.41, 5.74) is -0.492. The second-order valence-corrected chi connectivity index (χ2v) is 16.4. The Hall–Kier alpha value is -0.240. The van der Waals surface area contributed by atoms with Gasteiger partial charge in [0.15, 0.2) is 6.29 Å². The van der Waals surface area contributed by atoms with Crippen LogP contribution in [0.15, 0.2) is 0 Å². The lowest BCUT2D eigenvalue weighted by atomic mass is 9.56. The molecule has 2 N–H and O–H groups in total. The topological polar surface area (TPSA) is 77.4 Å². The molecule has 0 amide bonds. The third kappa shape index (κ3) is 6.31. The first-order valence-electron chi connectivity index (χ1n) is 17.1. The lowest BCUT2D eigenvalue weighted by Gasteiger charge is -2.51. The Morgan fingerprint density at radius 1 is 0.976 bits per heavy atom. The van der Waals surface area contributed by atoms with Crippen molar-refractivity contribution in [2.45, 2.75) is 162 Å². The van der Waals surface area contributed by atoms with E-state index in [4.69, 9.17) is 18.9 Å². The summed E-state index contributed by atoms with van der Waals surface area (Å²) in [5, 5.41) is 21.0. The van der Waals surface area contributed by atoms with Crippen molar-refractivity contribution in [1.82, 2.24) is 0 Å². The molecule has 5 rings (SSSR count). The molecule has 2 saturated heterocycles. The lowest BCUT2D eigenvalue weighted by Crippen LogP contribution is -2.53. The molecular weight excluding hydrogens is 516 g/mol. The van der Waals surface area contributed by atoms with Gasteiger partial charge in [-0.15, -0.1) is 0 Å². The van der Waals surface area contributed by atoms with Gasteiger partial charge >= 0.3 is 0 Å². The normalized spacial score (nSPS) is 47.4. The van der Waals surface area contributed by atoms with Crippen molar-refractivity contribution in [3.8, 4) is 0 Å². The second kappa shape index (κ2) is 12.3. The summed E-state index contributed by atoms with van der Waals surface area (Å²) in [6.07, 6.45) is 11.8. The molecule has 0 bridgehead atoms. The number of methoxy groups -OCH3 is 1. The van der Waals surface area contributed by atoms with E-state index in [0.717, 1.165) is 25.2 Å². The van der Waals surface area contributed by atoms with Crippen LogP contribution in [0.25, 0.3) is 0 Å². The zero-order valence-corrected chi connectivity index (χ0v) is 27.4. The number of rotatable bonds is 8. The Labute approximate surface area is 250 Å². The highest BCUT2D eigenvalue weighted by molar-refractivity contribution is 5.09. The molecule has 6 heteroatoms. The molecule has 41 heavy (non-hydrogen) atoms. The predicted molar refractivity (Wildman–Crippen MR) is 161 cm³/mol. The van der Waals surface area contributed by atoms with Crippen molar-refractivity contribution in [2.75, 3.05) is 13.7 Å². The molecule has 6 nitrogen and oxygen atoms in total. The van der Waals surface area contributed by atoms with Crippen LogP contribution >= 0.6 is 0 Å². The molecule has 0 aromatic carbocycles. The quantitative estimate of drug-likeness (QED) is 0.332. The van der Waals surface area contributed by atoms with Crippen LogP contribution in [0.5, 0.6) is 0 Å². The second-order valence-electron chi connectivity index (χ2n) is 16.4. The SMILES string of the molecule is CO[C@@H]([C@H]1C[C@@H](C)C2C(CC3[C@H](CCC4C(C)CC[C@H](OC5C[C@@H](O)CCO5)C4(C)C)CCC[C@@]32C)O1)C(C)(C)O. The molecule has 3 aliphatic carbocycles. The fourth-order valence-corrected chi connectivity index (χ4v) is 11.0. The van der Waals surface area contributed by atoms with E-state index in [0.29, 0.717) is 54.5 Å². The van der Waals surface area contributed by atoms with Crippen LogP contribution < -0.4 is 0 Å². The van der Waals surface area contributed by atoms with Crippen LogP contribution in [0.2, 0.25) is 0 Å². The van der Waals surface area contributed by atoms with Crippen molar-refractivity contribution in [3.05, 3.63) is 0 Å². The van der Waals surface area contributed by atoms with Crippen LogP contribution in [-0.4, -0.2) is 66.3 Å². The van der Waals surface area contributed by atoms with Gasteiger partial charge < -0.3 is 29.2 Å². The number of hydrogen-bond acceptors (Lipinski definition) is 6. The van der Waals surface area contributed by atoms with Gasteiger partial charge in [0.1, 0.15) is 6.10 Å². The van der Waals surface area contributed by atoms with Crippen molar-refractivity contribution in [3.63, 3.8) is 0 Å². The minimum atomic E-state index is -0.919. The first kappa shape index (κ1) is 32.2. The monoisotopic (exact) mass is 578 g/mol. The highest BCUT2D eigenvalue weighted by Crippen LogP contribution is 2.63. The standard InChI is InChI=1S/C35H62O6/c1-21-11-14-29(41-30-19-24(36)15-17-39-30)33(3,4)25(21)13-12-23-10-9-16-35(7)26(23)20-27-31(35)22(2)18-28(40-27)32(38-8)34(5,6)37/h21-32,36-37H,9-20H2,1-8H3/t21?,22-,23+,24+,25?,26?,27?,28-,29+,30?,31?,32+,35+/m1/s1. The van der Waals surface area contributed by atoms with E-state index in [1.165, 1.54) is 38.5 Å². The van der Waals surface area contributed by atoms with Crippen molar-refractivity contribution >= 4 is 0 Å². The van der Waals surface area contributed by atoms with Crippen LogP contribution in [-0.2, 0) is 18.9 Å². The maximum absolute atomic E-state index is 10.8. The molecule has 13 atom stereocenters. The van der Waals surface area contributed by atoms with Crippen LogP contribution in [0.1, 0.15) is 119 Å². The third-order valence-corrected chi connectivity index (χ3v) is 12.9. The average Bonchev–Trinajstić information content (AvgIpc) is 3.18. The van der Waals surface area contributed by atoms with Gasteiger partial charge in [0.05, 0.1) is 36.6 Å². The van der Waals surface area contributed by atoms with E-state index >= 15 is 0 Å². The summed E-state index contributed by atoms with van der Waals surface area (Å²) in [5.74, 6) is 3.95. The van der Waals surface area contributed by atoms with Crippen LogP contribution in [0, 0.1) is 46.3 Å². The smallest absolute Gasteiger partial charge is 0.160 e. The van der Waals surface area contributed by atoms with Crippen LogP contribution in [0.4, 0.5) is 0 Å². The summed E-state index contributed by atoms with van der Waals surface area (Å²) < 4.78 is 25.2. The van der Waals surface area contributed by atoms with Gasteiger partial charge in [-0.25, -0.2) is 0 Å². The largest absolute Gasteiger partial charge is 0.393 e. The Bertz CT molecular complexity index is 869. The first-order valence-corrected chi connectivity index (χ1v) is 17.1. The summed E-state index contributed by atoms with van der Waals surface area (Å²) >= 11 is 0. The fraction of sp³-hybridized carbons (Fsp3) is 1.00. The van der Waals surface area contributed by atoms with Gasteiger partial charge in [0.25, 0.3) is 0 Å². The number of ether oxygens (including phenoxy) is 4. The number of hydrogen-bond donors (Lipinski definition) is 2. The number of fused-ring (bicyclic) bond motifs is 3. The molecule has 2 aliphatic heterocycles. The molecule has 0 radical (unpaired) electrons. The van der Waals surface area contributed by atoms with E-state index < -0.39 is 5.60 Å². The Morgan fingerprint density at radius 2 is 1.73 bits per heavy atom. The van der Waals surface area contributed by atoms with Crippen LogP contribution in [0.3, 0.4) is 0 Å². The molecular formula is C35H62O6. The maximum Gasteiger partial charge on any atom is 0.160 e. The fourth-order valence-electron chi connectivity index (χ4n) is 11.0. The first-order chi connectivity index (χ1) is 19.3. The average molecular weight is 579 g/mol. The zero-order valence-electron chi connectivity index (χ0n) is 27.4. The van der Waals surface area contributed by atoms with Gasteiger partial charge in [-0.3, -0.25) is 0 Å². The molecule has 0 spiro atoms. The Morgan fingerprint density at radius 3 is 2.41 bits per heavy atom. The van der Waals surface area contributed by atoms with E-state index in [1.807, 2.05) is 13.8 Å².